The van der Waals surface area contributed by atoms with Crippen LogP contribution in [0.25, 0.3) is 0 Å². The molecule has 5 heterocycles. The zero-order valence-corrected chi connectivity index (χ0v) is 15.9. The minimum absolute atomic E-state index is 0.367. The average Bonchev–Trinajstić information content (AvgIpc) is 2.67. The van der Waals surface area contributed by atoms with E-state index >= 15 is 0 Å². The third-order valence-electron chi connectivity index (χ3n) is 6.54. The van der Waals surface area contributed by atoms with Crippen LogP contribution in [0.2, 0.25) is 0 Å². The lowest BCUT2D eigenvalue weighted by atomic mass is 9.76. The lowest BCUT2D eigenvalue weighted by Gasteiger charge is -2.47. The van der Waals surface area contributed by atoms with E-state index in [1.54, 1.807) is 0 Å². The molecule has 2 bridgehead atoms. The Morgan fingerprint density at radius 1 is 1.16 bits per heavy atom. The molecule has 5 aliphatic heterocycles. The van der Waals surface area contributed by atoms with Crippen LogP contribution in [0.3, 0.4) is 0 Å². The van der Waals surface area contributed by atoms with E-state index in [2.05, 4.69) is 26.9 Å². The maximum absolute atomic E-state index is 5.84. The van der Waals surface area contributed by atoms with Gasteiger partial charge in [0.2, 0.25) is 0 Å². The topological polar surface area (TPSA) is 43.3 Å². The molecule has 0 saturated carbocycles. The van der Waals surface area contributed by atoms with Crippen molar-refractivity contribution in [3.8, 4) is 0 Å². The van der Waals surface area contributed by atoms with Gasteiger partial charge in [0.15, 0.2) is 5.96 Å². The van der Waals surface area contributed by atoms with Gasteiger partial charge in [0.25, 0.3) is 0 Å². The van der Waals surface area contributed by atoms with Gasteiger partial charge in [0.05, 0.1) is 13.2 Å². The van der Waals surface area contributed by atoms with Crippen molar-refractivity contribution in [3.63, 3.8) is 0 Å². The molecule has 25 heavy (non-hydrogen) atoms. The standard InChI is InChI=1S/C19H35N5O/c1-2-20-18(21-13-17-14-22-8-10-23(17)11-9-22)24-7-3-5-19(15-24)6-4-12-25-16-19/h17H,2-16H2,1H3,(H,20,21). The molecule has 5 aliphatic rings. The predicted octanol–water partition coefficient (Wildman–Crippen LogP) is 0.844. The Morgan fingerprint density at radius 3 is 2.68 bits per heavy atom. The van der Waals surface area contributed by atoms with Crippen molar-refractivity contribution < 1.29 is 4.74 Å². The largest absolute Gasteiger partial charge is 0.381 e. The zero-order valence-electron chi connectivity index (χ0n) is 15.9. The summed E-state index contributed by atoms with van der Waals surface area (Å²) < 4.78 is 5.84. The number of aliphatic imine (C=N–C) groups is 1. The molecule has 5 fully saturated rings. The molecule has 0 aromatic rings. The normalized spacial score (nSPS) is 39.0. The lowest BCUT2D eigenvalue weighted by molar-refractivity contribution is -0.0371. The zero-order chi connectivity index (χ0) is 17.1. The smallest absolute Gasteiger partial charge is 0.193 e. The Bertz CT molecular complexity index is 463. The van der Waals surface area contributed by atoms with E-state index < -0.39 is 0 Å². The Labute approximate surface area is 152 Å². The summed E-state index contributed by atoms with van der Waals surface area (Å²) >= 11 is 0. The molecular formula is C19H35N5O. The number of rotatable bonds is 3. The Kier molecular flexibility index (Phi) is 5.48. The molecule has 2 atom stereocenters. The lowest BCUT2D eigenvalue weighted by Crippen LogP contribution is -2.62. The highest BCUT2D eigenvalue weighted by atomic mass is 16.5. The van der Waals surface area contributed by atoms with E-state index in [9.17, 15) is 0 Å². The van der Waals surface area contributed by atoms with Gasteiger partial charge in [-0.1, -0.05) is 0 Å². The summed E-state index contributed by atoms with van der Waals surface area (Å²) in [4.78, 5) is 12.8. The van der Waals surface area contributed by atoms with Crippen LogP contribution in [0.5, 0.6) is 0 Å². The molecule has 1 N–H and O–H groups in total. The van der Waals surface area contributed by atoms with E-state index in [1.807, 2.05) is 0 Å². The minimum Gasteiger partial charge on any atom is -0.381 e. The monoisotopic (exact) mass is 349 g/mol. The molecule has 0 amide bonds. The second kappa shape index (κ2) is 7.80. The maximum atomic E-state index is 5.84. The molecular weight excluding hydrogens is 314 g/mol. The van der Waals surface area contributed by atoms with Gasteiger partial charge < -0.3 is 15.0 Å². The van der Waals surface area contributed by atoms with Crippen LogP contribution in [0.1, 0.15) is 32.6 Å². The van der Waals surface area contributed by atoms with Crippen LogP contribution in [-0.2, 0) is 4.74 Å². The average molecular weight is 350 g/mol. The van der Waals surface area contributed by atoms with Crippen molar-refractivity contribution in [2.45, 2.75) is 38.6 Å². The fourth-order valence-corrected chi connectivity index (χ4v) is 5.14. The highest BCUT2D eigenvalue weighted by Gasteiger charge is 2.38. The first-order chi connectivity index (χ1) is 12.3. The first kappa shape index (κ1) is 17.6. The first-order valence-corrected chi connectivity index (χ1v) is 10.4. The maximum Gasteiger partial charge on any atom is 0.193 e. The van der Waals surface area contributed by atoms with Crippen molar-refractivity contribution in [2.75, 3.05) is 72.1 Å². The molecule has 142 valence electrons. The molecule has 2 unspecified atom stereocenters. The van der Waals surface area contributed by atoms with E-state index in [0.717, 1.165) is 45.4 Å². The summed E-state index contributed by atoms with van der Waals surface area (Å²) in [6.45, 7) is 14.3. The van der Waals surface area contributed by atoms with Crippen molar-refractivity contribution >= 4 is 5.96 Å². The molecule has 0 aromatic heterocycles. The summed E-state index contributed by atoms with van der Waals surface area (Å²) in [6.07, 6.45) is 5.11. The molecule has 0 aromatic carbocycles. The van der Waals surface area contributed by atoms with Crippen molar-refractivity contribution in [2.24, 2.45) is 10.4 Å². The van der Waals surface area contributed by atoms with Crippen LogP contribution in [0, 0.1) is 5.41 Å². The van der Waals surface area contributed by atoms with Gasteiger partial charge in [0.1, 0.15) is 0 Å². The fraction of sp³-hybridized carbons (Fsp3) is 0.947. The Hall–Kier alpha value is -0.850. The first-order valence-electron chi connectivity index (χ1n) is 10.4. The molecule has 6 nitrogen and oxygen atoms in total. The number of nitrogens with one attached hydrogen (secondary N) is 1. The SMILES string of the molecule is CCNC(=NCC1CN2CCN1CC2)N1CCCC2(CCCOC2)C1. The summed E-state index contributed by atoms with van der Waals surface area (Å²) in [5.74, 6) is 1.13. The number of fused-ring (bicyclic) bond motifs is 3. The van der Waals surface area contributed by atoms with Crippen LogP contribution in [0.4, 0.5) is 0 Å². The van der Waals surface area contributed by atoms with E-state index in [1.165, 1.54) is 58.4 Å². The van der Waals surface area contributed by atoms with Gasteiger partial charge in [-0.15, -0.1) is 0 Å². The van der Waals surface area contributed by atoms with E-state index in [0.29, 0.717) is 11.5 Å². The second-order valence-electron chi connectivity index (χ2n) is 8.37. The number of hydrogen-bond acceptors (Lipinski definition) is 4. The fourth-order valence-electron chi connectivity index (χ4n) is 5.14. The number of guanidine groups is 1. The molecule has 5 saturated heterocycles. The van der Waals surface area contributed by atoms with Crippen molar-refractivity contribution in [1.29, 1.82) is 0 Å². The van der Waals surface area contributed by atoms with Crippen molar-refractivity contribution in [1.82, 2.24) is 20.0 Å². The van der Waals surface area contributed by atoms with Crippen LogP contribution >= 0.6 is 0 Å². The van der Waals surface area contributed by atoms with Gasteiger partial charge >= 0.3 is 0 Å². The van der Waals surface area contributed by atoms with Crippen LogP contribution < -0.4 is 5.32 Å². The van der Waals surface area contributed by atoms with Crippen molar-refractivity contribution in [3.05, 3.63) is 0 Å². The number of piperidine rings is 1. The molecule has 6 heteroatoms. The van der Waals surface area contributed by atoms with Gasteiger partial charge in [-0.05, 0) is 32.6 Å². The molecule has 1 spiro atoms. The third-order valence-corrected chi connectivity index (χ3v) is 6.54. The minimum atomic E-state index is 0.367. The number of piperazine rings is 3. The summed E-state index contributed by atoms with van der Waals surface area (Å²) in [7, 11) is 0. The number of likely N-dealkylation sites (tertiary alicyclic amines) is 1. The molecule has 5 rings (SSSR count). The number of ether oxygens (including phenoxy) is 1. The van der Waals surface area contributed by atoms with E-state index in [-0.39, 0.29) is 0 Å². The third kappa shape index (κ3) is 3.96. The number of hydrogen-bond donors (Lipinski definition) is 1. The van der Waals surface area contributed by atoms with Gasteiger partial charge in [-0.25, -0.2) is 0 Å². The van der Waals surface area contributed by atoms with E-state index in [4.69, 9.17) is 9.73 Å². The highest BCUT2D eigenvalue weighted by Crippen LogP contribution is 2.37. The van der Waals surface area contributed by atoms with Gasteiger partial charge in [-0.3, -0.25) is 14.8 Å². The summed E-state index contributed by atoms with van der Waals surface area (Å²) in [5, 5.41) is 3.56. The number of nitrogens with zero attached hydrogens (tertiary/aromatic N) is 4. The van der Waals surface area contributed by atoms with Gasteiger partial charge in [-0.2, -0.15) is 0 Å². The van der Waals surface area contributed by atoms with Gasteiger partial charge in [0, 0.05) is 70.4 Å². The molecule has 0 aliphatic carbocycles. The Balaban J connectivity index is 1.41. The molecule has 0 radical (unpaired) electrons. The van der Waals surface area contributed by atoms with Crippen LogP contribution in [0.15, 0.2) is 4.99 Å². The van der Waals surface area contributed by atoms with Crippen LogP contribution in [-0.4, -0.2) is 98.8 Å². The predicted molar refractivity (Wildman–Crippen MR) is 101 cm³/mol. The quantitative estimate of drug-likeness (QED) is 0.604. The summed E-state index contributed by atoms with van der Waals surface area (Å²) in [6, 6.07) is 0.605. The Morgan fingerprint density at radius 2 is 2.00 bits per heavy atom. The second-order valence-corrected chi connectivity index (χ2v) is 8.37. The highest BCUT2D eigenvalue weighted by molar-refractivity contribution is 5.80. The summed E-state index contributed by atoms with van der Waals surface area (Å²) in [5.41, 5.74) is 0.367.